The second kappa shape index (κ2) is 6.24. The van der Waals surface area contributed by atoms with Gasteiger partial charge >= 0.3 is 0 Å². The van der Waals surface area contributed by atoms with E-state index in [9.17, 15) is 4.39 Å². The smallest absolute Gasteiger partial charge is 0.215 e. The van der Waals surface area contributed by atoms with Crippen LogP contribution in [0.25, 0.3) is 0 Å². The molecule has 25 heavy (non-hydrogen) atoms. The average molecular weight is 335 g/mol. The first-order valence-corrected chi connectivity index (χ1v) is 7.77. The van der Waals surface area contributed by atoms with Crippen molar-refractivity contribution in [2.75, 3.05) is 4.90 Å². The third-order valence-corrected chi connectivity index (χ3v) is 4.11. The molecule has 1 aliphatic heterocycles. The zero-order chi connectivity index (χ0) is 17.2. The van der Waals surface area contributed by atoms with Crippen molar-refractivity contribution in [2.24, 2.45) is 0 Å². The lowest BCUT2D eigenvalue weighted by molar-refractivity contribution is 0.288. The standard InChI is InChI=1S/C18H14FN5O/c19-15-6-12(7-20)4-5-13(15)11-25-18-3-1-2-17(22-18)24-9-14-8-21-23-16(14)10-24/h1-6,8H,9-11H2,(H,21,23). The fraction of sp³-hybridized carbons (Fsp3) is 0.167. The number of nitriles is 1. The first kappa shape index (κ1) is 15.1. The van der Waals surface area contributed by atoms with Gasteiger partial charge in [0.25, 0.3) is 0 Å². The average Bonchev–Trinajstić information content (AvgIpc) is 3.23. The molecule has 3 heterocycles. The molecule has 0 spiro atoms. The molecule has 0 fully saturated rings. The predicted octanol–water partition coefficient (Wildman–Crippen LogP) is 2.91. The lowest BCUT2D eigenvalue weighted by Crippen LogP contribution is -2.16. The molecular weight excluding hydrogens is 321 g/mol. The molecule has 0 atom stereocenters. The third-order valence-electron chi connectivity index (χ3n) is 4.11. The summed E-state index contributed by atoms with van der Waals surface area (Å²) in [4.78, 5) is 6.60. The molecule has 124 valence electrons. The zero-order valence-corrected chi connectivity index (χ0v) is 13.2. The van der Waals surface area contributed by atoms with Gasteiger partial charge in [-0.2, -0.15) is 15.3 Å². The maximum Gasteiger partial charge on any atom is 0.215 e. The first-order valence-electron chi connectivity index (χ1n) is 7.77. The number of fused-ring (bicyclic) bond motifs is 1. The number of anilines is 1. The Kier molecular flexibility index (Phi) is 3.78. The summed E-state index contributed by atoms with van der Waals surface area (Å²) in [6.07, 6.45) is 1.82. The van der Waals surface area contributed by atoms with Gasteiger partial charge in [0.05, 0.1) is 30.1 Å². The molecule has 1 N–H and O–H groups in total. The topological polar surface area (TPSA) is 77.8 Å². The van der Waals surface area contributed by atoms with E-state index in [1.807, 2.05) is 24.4 Å². The number of ether oxygens (including phenoxy) is 1. The molecule has 0 saturated heterocycles. The van der Waals surface area contributed by atoms with E-state index in [-0.39, 0.29) is 12.2 Å². The Morgan fingerprint density at radius 2 is 2.20 bits per heavy atom. The maximum absolute atomic E-state index is 13.9. The Morgan fingerprint density at radius 1 is 1.28 bits per heavy atom. The minimum Gasteiger partial charge on any atom is -0.473 e. The van der Waals surface area contributed by atoms with Crippen LogP contribution in [0.5, 0.6) is 5.88 Å². The summed E-state index contributed by atoms with van der Waals surface area (Å²) < 4.78 is 19.5. The van der Waals surface area contributed by atoms with Gasteiger partial charge in [0.1, 0.15) is 18.2 Å². The SMILES string of the molecule is N#Cc1ccc(COc2cccc(N3Cc4cn[nH]c4C3)n2)c(F)c1. The van der Waals surface area contributed by atoms with Crippen LogP contribution < -0.4 is 9.64 Å². The van der Waals surface area contributed by atoms with Crippen molar-refractivity contribution in [1.82, 2.24) is 15.2 Å². The molecule has 0 bridgehead atoms. The highest BCUT2D eigenvalue weighted by Crippen LogP contribution is 2.26. The summed E-state index contributed by atoms with van der Waals surface area (Å²) in [5.41, 5.74) is 2.92. The number of pyridine rings is 1. The number of nitrogens with one attached hydrogen (secondary N) is 1. The van der Waals surface area contributed by atoms with Crippen molar-refractivity contribution in [1.29, 1.82) is 5.26 Å². The van der Waals surface area contributed by atoms with E-state index in [0.29, 0.717) is 11.4 Å². The van der Waals surface area contributed by atoms with Gasteiger partial charge in [0, 0.05) is 23.7 Å². The van der Waals surface area contributed by atoms with Crippen LogP contribution in [0.4, 0.5) is 10.2 Å². The molecule has 0 amide bonds. The minimum absolute atomic E-state index is 0.0525. The molecule has 0 radical (unpaired) electrons. The zero-order valence-electron chi connectivity index (χ0n) is 13.2. The van der Waals surface area contributed by atoms with E-state index in [4.69, 9.17) is 10.00 Å². The summed E-state index contributed by atoms with van der Waals surface area (Å²) in [5, 5.41) is 15.8. The molecule has 1 aliphatic rings. The molecule has 0 saturated carbocycles. The van der Waals surface area contributed by atoms with Gasteiger partial charge in [-0.25, -0.2) is 4.39 Å². The molecule has 2 aromatic heterocycles. The van der Waals surface area contributed by atoms with E-state index in [1.165, 1.54) is 6.07 Å². The number of aromatic amines is 1. The van der Waals surface area contributed by atoms with E-state index < -0.39 is 5.82 Å². The molecular formula is C18H14FN5O. The monoisotopic (exact) mass is 335 g/mol. The minimum atomic E-state index is -0.458. The molecule has 3 aromatic rings. The van der Waals surface area contributed by atoms with Crippen molar-refractivity contribution >= 4 is 5.82 Å². The number of nitrogens with zero attached hydrogens (tertiary/aromatic N) is 4. The van der Waals surface area contributed by atoms with E-state index >= 15 is 0 Å². The van der Waals surface area contributed by atoms with Crippen molar-refractivity contribution in [3.05, 3.63) is 70.8 Å². The van der Waals surface area contributed by atoms with Crippen LogP contribution in [0.1, 0.15) is 22.4 Å². The first-order chi connectivity index (χ1) is 12.2. The number of benzene rings is 1. The molecule has 0 aliphatic carbocycles. The number of halogens is 1. The molecule has 4 rings (SSSR count). The predicted molar refractivity (Wildman–Crippen MR) is 88.2 cm³/mol. The maximum atomic E-state index is 13.9. The van der Waals surface area contributed by atoms with Crippen LogP contribution in [-0.2, 0) is 19.7 Å². The van der Waals surface area contributed by atoms with Crippen molar-refractivity contribution < 1.29 is 9.13 Å². The molecule has 6 nitrogen and oxygen atoms in total. The summed E-state index contributed by atoms with van der Waals surface area (Å²) >= 11 is 0. The highest BCUT2D eigenvalue weighted by molar-refractivity contribution is 5.46. The fourth-order valence-electron chi connectivity index (χ4n) is 2.77. The Hall–Kier alpha value is -3.40. The van der Waals surface area contributed by atoms with Crippen molar-refractivity contribution in [2.45, 2.75) is 19.7 Å². The number of hydrogen-bond acceptors (Lipinski definition) is 5. The largest absolute Gasteiger partial charge is 0.473 e. The van der Waals surface area contributed by atoms with Crippen LogP contribution in [0, 0.1) is 17.1 Å². The van der Waals surface area contributed by atoms with Crippen molar-refractivity contribution in [3.8, 4) is 11.9 Å². The van der Waals surface area contributed by atoms with Gasteiger partial charge in [0.15, 0.2) is 0 Å². The Labute approximate surface area is 143 Å². The third kappa shape index (κ3) is 3.02. The fourth-order valence-corrected chi connectivity index (χ4v) is 2.77. The Bertz CT molecular complexity index is 942. The van der Waals surface area contributed by atoms with Gasteiger partial charge in [-0.05, 0) is 18.2 Å². The highest BCUT2D eigenvalue weighted by Gasteiger charge is 2.22. The van der Waals surface area contributed by atoms with Gasteiger partial charge in [0.2, 0.25) is 5.88 Å². The number of hydrogen-bond donors (Lipinski definition) is 1. The molecule has 7 heteroatoms. The van der Waals surface area contributed by atoms with Gasteiger partial charge in [-0.15, -0.1) is 0 Å². The second-order valence-electron chi connectivity index (χ2n) is 5.77. The van der Waals surface area contributed by atoms with Gasteiger partial charge in [-0.3, -0.25) is 5.10 Å². The number of rotatable bonds is 4. The van der Waals surface area contributed by atoms with Crippen LogP contribution in [0.2, 0.25) is 0 Å². The Balaban J connectivity index is 1.46. The summed E-state index contributed by atoms with van der Waals surface area (Å²) in [6.45, 7) is 1.51. The van der Waals surface area contributed by atoms with E-state index in [2.05, 4.69) is 20.1 Å². The van der Waals surface area contributed by atoms with Crippen LogP contribution in [0.3, 0.4) is 0 Å². The molecule has 1 aromatic carbocycles. The summed E-state index contributed by atoms with van der Waals surface area (Å²) in [6, 6.07) is 11.7. The van der Waals surface area contributed by atoms with Crippen LogP contribution >= 0.6 is 0 Å². The lowest BCUT2D eigenvalue weighted by Gasteiger charge is -2.17. The highest BCUT2D eigenvalue weighted by atomic mass is 19.1. The second-order valence-corrected chi connectivity index (χ2v) is 5.77. The number of aromatic nitrogens is 3. The molecule has 0 unspecified atom stereocenters. The Morgan fingerprint density at radius 3 is 3.00 bits per heavy atom. The van der Waals surface area contributed by atoms with E-state index in [1.54, 1.807) is 18.2 Å². The van der Waals surface area contributed by atoms with Gasteiger partial charge in [-0.1, -0.05) is 12.1 Å². The summed E-state index contributed by atoms with van der Waals surface area (Å²) in [5.74, 6) is 0.762. The number of H-pyrrole nitrogens is 1. The van der Waals surface area contributed by atoms with E-state index in [0.717, 1.165) is 30.2 Å². The van der Waals surface area contributed by atoms with Crippen LogP contribution in [-0.4, -0.2) is 15.2 Å². The quantitative estimate of drug-likeness (QED) is 0.793. The lowest BCUT2D eigenvalue weighted by atomic mass is 10.1. The summed E-state index contributed by atoms with van der Waals surface area (Å²) in [7, 11) is 0. The van der Waals surface area contributed by atoms with Crippen molar-refractivity contribution in [3.63, 3.8) is 0 Å². The van der Waals surface area contributed by atoms with Crippen LogP contribution in [0.15, 0.2) is 42.6 Å². The van der Waals surface area contributed by atoms with Gasteiger partial charge < -0.3 is 9.64 Å². The normalized spacial score (nSPS) is 12.7.